The van der Waals surface area contributed by atoms with Crippen molar-refractivity contribution in [2.24, 2.45) is 11.0 Å². The molecule has 0 aromatic heterocycles. The molecular formula is C33H31ClFN3O2. The van der Waals surface area contributed by atoms with Crippen molar-refractivity contribution in [3.63, 3.8) is 0 Å². The van der Waals surface area contributed by atoms with E-state index in [1.165, 1.54) is 6.07 Å². The molecule has 2 unspecified atom stereocenters. The predicted octanol–water partition coefficient (Wildman–Crippen LogP) is 7.05. The van der Waals surface area contributed by atoms with Gasteiger partial charge in [0, 0.05) is 17.1 Å². The highest BCUT2D eigenvalue weighted by Gasteiger charge is 2.46. The number of rotatable bonds is 7. The SMILES string of the molecule is Cc1ccc(Cl)cc1N1N=C(c2ccccc2F)C(C(=O)NCCc2ccc(O)cc2)C1c1c(C)cccc1C. The monoisotopic (exact) mass is 555 g/mol. The van der Waals surface area contributed by atoms with Crippen molar-refractivity contribution in [3.05, 3.63) is 129 Å². The van der Waals surface area contributed by atoms with Crippen molar-refractivity contribution in [2.45, 2.75) is 33.2 Å². The third-order valence-electron chi connectivity index (χ3n) is 7.43. The van der Waals surface area contributed by atoms with Crippen LogP contribution in [0.5, 0.6) is 5.75 Å². The Balaban J connectivity index is 1.61. The van der Waals surface area contributed by atoms with Gasteiger partial charge in [0.25, 0.3) is 0 Å². The van der Waals surface area contributed by atoms with Crippen LogP contribution in [-0.4, -0.2) is 23.3 Å². The molecular weight excluding hydrogens is 525 g/mol. The lowest BCUT2D eigenvalue weighted by atomic mass is 9.82. The van der Waals surface area contributed by atoms with Crippen molar-refractivity contribution >= 4 is 28.9 Å². The molecule has 1 heterocycles. The highest BCUT2D eigenvalue weighted by Crippen LogP contribution is 2.44. The molecule has 5 nitrogen and oxygen atoms in total. The van der Waals surface area contributed by atoms with E-state index in [4.69, 9.17) is 16.7 Å². The molecule has 4 aromatic rings. The first kappa shape index (κ1) is 27.4. The number of halogens is 2. The van der Waals surface area contributed by atoms with Crippen molar-refractivity contribution in [2.75, 3.05) is 11.6 Å². The standard InChI is InChI=1S/C33H31ClFN3O2/c1-20-11-14-24(34)19-28(20)38-32(29-21(2)7-6-8-22(29)3)30(31(37-38)26-9-4-5-10-27(26)35)33(40)36-18-17-23-12-15-25(39)16-13-23/h4-16,19,30,32,39H,17-18H2,1-3H3,(H,36,40). The summed E-state index contributed by atoms with van der Waals surface area (Å²) >= 11 is 6.44. The number of hydrogen-bond donors (Lipinski definition) is 2. The third kappa shape index (κ3) is 5.45. The number of nitrogens with one attached hydrogen (secondary N) is 1. The van der Waals surface area contributed by atoms with Gasteiger partial charge in [-0.3, -0.25) is 9.80 Å². The van der Waals surface area contributed by atoms with Gasteiger partial charge in [-0.05, 0) is 85.3 Å². The van der Waals surface area contributed by atoms with Gasteiger partial charge in [-0.25, -0.2) is 4.39 Å². The van der Waals surface area contributed by atoms with Gasteiger partial charge >= 0.3 is 0 Å². The summed E-state index contributed by atoms with van der Waals surface area (Å²) in [6, 6.07) is 24.4. The fraction of sp³-hybridized carbons (Fsp3) is 0.212. The average molecular weight is 556 g/mol. The second-order valence-electron chi connectivity index (χ2n) is 10.2. The molecule has 1 aliphatic heterocycles. The zero-order valence-corrected chi connectivity index (χ0v) is 23.4. The van der Waals surface area contributed by atoms with Crippen LogP contribution in [0.4, 0.5) is 10.1 Å². The molecule has 0 fully saturated rings. The number of phenols is 1. The first-order valence-electron chi connectivity index (χ1n) is 13.2. The van der Waals surface area contributed by atoms with Crippen LogP contribution >= 0.6 is 11.6 Å². The zero-order chi connectivity index (χ0) is 28.4. The first-order chi connectivity index (χ1) is 19.2. The topological polar surface area (TPSA) is 64.9 Å². The van der Waals surface area contributed by atoms with Crippen LogP contribution < -0.4 is 10.3 Å². The van der Waals surface area contributed by atoms with E-state index in [1.54, 1.807) is 30.3 Å². The Hall–Kier alpha value is -4.16. The van der Waals surface area contributed by atoms with Crippen molar-refractivity contribution in [1.29, 1.82) is 0 Å². The Bertz CT molecular complexity index is 1570. The first-order valence-corrected chi connectivity index (χ1v) is 13.6. The Morgan fingerprint density at radius 3 is 2.35 bits per heavy atom. The van der Waals surface area contributed by atoms with Crippen LogP contribution in [0.3, 0.4) is 0 Å². The van der Waals surface area contributed by atoms with Gasteiger partial charge < -0.3 is 10.4 Å². The second-order valence-corrected chi connectivity index (χ2v) is 10.6. The van der Waals surface area contributed by atoms with Crippen LogP contribution in [0.25, 0.3) is 0 Å². The maximum Gasteiger partial charge on any atom is 0.231 e. The van der Waals surface area contributed by atoms with Crippen LogP contribution in [0.15, 0.2) is 90.0 Å². The number of hydrazone groups is 1. The molecule has 2 atom stereocenters. The maximum absolute atomic E-state index is 15.3. The maximum atomic E-state index is 15.3. The number of aromatic hydroxyl groups is 1. The molecule has 0 bridgehead atoms. The molecule has 40 heavy (non-hydrogen) atoms. The summed E-state index contributed by atoms with van der Waals surface area (Å²) in [6.07, 6.45) is 0.579. The molecule has 0 spiro atoms. The lowest BCUT2D eigenvalue weighted by molar-refractivity contribution is -0.123. The number of aryl methyl sites for hydroxylation is 3. The summed E-state index contributed by atoms with van der Waals surface area (Å²) in [5, 5.41) is 20.0. The summed E-state index contributed by atoms with van der Waals surface area (Å²) in [6.45, 7) is 6.38. The molecule has 0 radical (unpaired) electrons. The molecule has 4 aromatic carbocycles. The summed E-state index contributed by atoms with van der Waals surface area (Å²) in [5.41, 5.74) is 6.33. The molecule has 204 valence electrons. The molecule has 1 amide bonds. The van der Waals surface area contributed by atoms with Crippen molar-refractivity contribution in [3.8, 4) is 5.75 Å². The molecule has 7 heteroatoms. The van der Waals surface area contributed by atoms with Crippen LogP contribution in [-0.2, 0) is 11.2 Å². The fourth-order valence-electron chi connectivity index (χ4n) is 5.41. The highest BCUT2D eigenvalue weighted by molar-refractivity contribution is 6.31. The van der Waals surface area contributed by atoms with Gasteiger partial charge in [0.1, 0.15) is 17.5 Å². The minimum absolute atomic E-state index is 0.192. The van der Waals surface area contributed by atoms with Gasteiger partial charge in [-0.1, -0.05) is 66.2 Å². The van der Waals surface area contributed by atoms with E-state index in [-0.39, 0.29) is 11.7 Å². The van der Waals surface area contributed by atoms with Crippen LogP contribution in [0.1, 0.15) is 39.4 Å². The van der Waals surface area contributed by atoms with Gasteiger partial charge in [-0.2, -0.15) is 5.10 Å². The minimum atomic E-state index is -0.796. The van der Waals surface area contributed by atoms with Gasteiger partial charge in [-0.15, -0.1) is 0 Å². The predicted molar refractivity (Wildman–Crippen MR) is 159 cm³/mol. The smallest absolute Gasteiger partial charge is 0.231 e. The molecule has 0 saturated carbocycles. The van der Waals surface area contributed by atoms with E-state index in [2.05, 4.69) is 5.32 Å². The fourth-order valence-corrected chi connectivity index (χ4v) is 5.57. The summed E-state index contributed by atoms with van der Waals surface area (Å²) in [5.74, 6) is -1.28. The molecule has 2 N–H and O–H groups in total. The van der Waals surface area contributed by atoms with E-state index < -0.39 is 17.8 Å². The lowest BCUT2D eigenvalue weighted by Crippen LogP contribution is -2.40. The normalized spacial score (nSPS) is 16.6. The quantitative estimate of drug-likeness (QED) is 0.257. The second kappa shape index (κ2) is 11.5. The van der Waals surface area contributed by atoms with E-state index in [0.29, 0.717) is 29.3 Å². The lowest BCUT2D eigenvalue weighted by Gasteiger charge is -2.31. The van der Waals surface area contributed by atoms with Crippen molar-refractivity contribution < 1.29 is 14.3 Å². The molecule has 0 aliphatic carbocycles. The molecule has 0 saturated heterocycles. The van der Waals surface area contributed by atoms with Crippen molar-refractivity contribution in [1.82, 2.24) is 5.32 Å². The van der Waals surface area contributed by atoms with Gasteiger partial charge in [0.05, 0.1) is 17.4 Å². The largest absolute Gasteiger partial charge is 0.508 e. The van der Waals surface area contributed by atoms with Crippen LogP contribution in [0.2, 0.25) is 5.02 Å². The number of benzene rings is 4. The number of nitrogens with zero attached hydrogens (tertiary/aromatic N) is 2. The average Bonchev–Trinajstić information content (AvgIpc) is 3.31. The Morgan fingerprint density at radius 2 is 1.65 bits per heavy atom. The number of hydrogen-bond acceptors (Lipinski definition) is 4. The summed E-state index contributed by atoms with van der Waals surface area (Å²) < 4.78 is 15.3. The number of carbonyl (C=O) groups is 1. The van der Waals surface area contributed by atoms with E-state index >= 15 is 4.39 Å². The van der Waals surface area contributed by atoms with E-state index in [0.717, 1.165) is 33.5 Å². The Labute approximate surface area is 238 Å². The van der Waals surface area contributed by atoms with Crippen LogP contribution in [0, 0.1) is 32.5 Å². The number of anilines is 1. The summed E-state index contributed by atoms with van der Waals surface area (Å²) in [7, 11) is 0. The van der Waals surface area contributed by atoms with Gasteiger partial charge in [0.15, 0.2) is 0 Å². The zero-order valence-electron chi connectivity index (χ0n) is 22.7. The molecule has 5 rings (SSSR count). The number of amides is 1. The summed E-state index contributed by atoms with van der Waals surface area (Å²) in [4.78, 5) is 14.1. The molecule has 1 aliphatic rings. The van der Waals surface area contributed by atoms with E-state index in [9.17, 15) is 9.90 Å². The Morgan fingerprint density at radius 1 is 0.950 bits per heavy atom. The van der Waals surface area contributed by atoms with E-state index in [1.807, 2.05) is 74.3 Å². The minimum Gasteiger partial charge on any atom is -0.508 e. The number of carbonyl (C=O) groups excluding carboxylic acids is 1. The Kier molecular flexibility index (Phi) is 7.90. The van der Waals surface area contributed by atoms with Gasteiger partial charge in [0.2, 0.25) is 5.91 Å². The highest BCUT2D eigenvalue weighted by atomic mass is 35.5. The number of phenolic OH excluding ortho intramolecular Hbond substituents is 1. The third-order valence-corrected chi connectivity index (χ3v) is 7.66.